The van der Waals surface area contributed by atoms with Gasteiger partial charge in [-0.15, -0.1) is 0 Å². The summed E-state index contributed by atoms with van der Waals surface area (Å²) in [5, 5.41) is 14.6. The molecule has 3 aromatic rings. The molecule has 3 rings (SSSR count). The first-order valence-corrected chi connectivity index (χ1v) is 5.50. The van der Waals surface area contributed by atoms with Crippen molar-refractivity contribution in [2.75, 3.05) is 0 Å². The van der Waals surface area contributed by atoms with Crippen LogP contribution in [0.25, 0.3) is 16.6 Å². The molecule has 88 valence electrons. The van der Waals surface area contributed by atoms with Gasteiger partial charge in [0.2, 0.25) is 0 Å². The summed E-state index contributed by atoms with van der Waals surface area (Å²) in [6.07, 6.45) is 2.51. The third-order valence-corrected chi connectivity index (χ3v) is 2.80. The molecular weight excluding hydrogens is 228 g/mol. The normalized spacial score (nSPS) is 10.7. The standard InChI is InChI=1S/C14H10N2O2/c17-9-10-4-5-14-11(6-10)8-15-16(14)12-2-1-3-13(18)7-12/h1-9,18H. The van der Waals surface area contributed by atoms with Crippen LogP contribution in [-0.4, -0.2) is 21.2 Å². The molecule has 18 heavy (non-hydrogen) atoms. The zero-order valence-electron chi connectivity index (χ0n) is 9.45. The van der Waals surface area contributed by atoms with E-state index < -0.39 is 0 Å². The Morgan fingerprint density at radius 3 is 2.83 bits per heavy atom. The maximum absolute atomic E-state index is 10.7. The Bertz CT molecular complexity index is 731. The van der Waals surface area contributed by atoms with Crippen molar-refractivity contribution >= 4 is 17.2 Å². The number of aldehydes is 1. The Labute approximate surface area is 103 Å². The summed E-state index contributed by atoms with van der Waals surface area (Å²) in [5.41, 5.74) is 2.30. The fraction of sp³-hybridized carbons (Fsp3) is 0. The highest BCUT2D eigenvalue weighted by atomic mass is 16.3. The zero-order valence-corrected chi connectivity index (χ0v) is 9.45. The number of nitrogens with zero attached hydrogens (tertiary/aromatic N) is 2. The Morgan fingerprint density at radius 2 is 2.06 bits per heavy atom. The lowest BCUT2D eigenvalue weighted by atomic mass is 10.2. The summed E-state index contributed by atoms with van der Waals surface area (Å²) in [5.74, 6) is 0.195. The fourth-order valence-electron chi connectivity index (χ4n) is 1.96. The number of aromatic hydroxyl groups is 1. The molecule has 0 radical (unpaired) electrons. The van der Waals surface area contributed by atoms with Gasteiger partial charge in [0.15, 0.2) is 0 Å². The number of aromatic nitrogens is 2. The summed E-state index contributed by atoms with van der Waals surface area (Å²) >= 11 is 0. The van der Waals surface area contributed by atoms with Crippen LogP contribution in [0.2, 0.25) is 0 Å². The van der Waals surface area contributed by atoms with Gasteiger partial charge in [-0.1, -0.05) is 6.07 Å². The lowest BCUT2D eigenvalue weighted by Crippen LogP contribution is -1.95. The second-order valence-corrected chi connectivity index (χ2v) is 4.01. The van der Waals surface area contributed by atoms with Crippen LogP contribution in [0.1, 0.15) is 10.4 Å². The molecule has 0 amide bonds. The highest BCUT2D eigenvalue weighted by molar-refractivity contribution is 5.87. The molecule has 1 N–H and O–H groups in total. The van der Waals surface area contributed by atoms with Gasteiger partial charge < -0.3 is 5.11 Å². The van der Waals surface area contributed by atoms with Crippen LogP contribution in [-0.2, 0) is 0 Å². The number of phenols is 1. The second kappa shape index (κ2) is 4.00. The van der Waals surface area contributed by atoms with E-state index in [1.165, 1.54) is 0 Å². The predicted molar refractivity (Wildman–Crippen MR) is 68.1 cm³/mol. The number of carbonyl (C=O) groups is 1. The van der Waals surface area contributed by atoms with Crippen LogP contribution in [0.5, 0.6) is 5.75 Å². The molecule has 0 unspecified atom stereocenters. The molecule has 2 aromatic carbocycles. The number of phenolic OH excluding ortho intramolecular Hbond substituents is 1. The fourth-order valence-corrected chi connectivity index (χ4v) is 1.96. The maximum Gasteiger partial charge on any atom is 0.150 e. The van der Waals surface area contributed by atoms with Crippen LogP contribution >= 0.6 is 0 Å². The van der Waals surface area contributed by atoms with Crippen molar-refractivity contribution in [2.45, 2.75) is 0 Å². The van der Waals surface area contributed by atoms with Crippen molar-refractivity contribution < 1.29 is 9.90 Å². The molecule has 0 atom stereocenters. The highest BCUT2D eigenvalue weighted by Crippen LogP contribution is 2.21. The molecule has 4 heteroatoms. The van der Waals surface area contributed by atoms with Gasteiger partial charge in [-0.25, -0.2) is 4.68 Å². The van der Waals surface area contributed by atoms with Gasteiger partial charge in [0.25, 0.3) is 0 Å². The monoisotopic (exact) mass is 238 g/mol. The van der Waals surface area contributed by atoms with Crippen LogP contribution in [0.15, 0.2) is 48.7 Å². The Hall–Kier alpha value is -2.62. The molecular formula is C14H10N2O2. The van der Waals surface area contributed by atoms with E-state index in [1.807, 2.05) is 12.1 Å². The van der Waals surface area contributed by atoms with Crippen molar-refractivity contribution in [2.24, 2.45) is 0 Å². The minimum Gasteiger partial charge on any atom is -0.508 e. The smallest absolute Gasteiger partial charge is 0.150 e. The van der Waals surface area contributed by atoms with Gasteiger partial charge in [0.1, 0.15) is 12.0 Å². The number of carbonyl (C=O) groups excluding carboxylic acids is 1. The Morgan fingerprint density at radius 1 is 1.17 bits per heavy atom. The maximum atomic E-state index is 10.7. The van der Waals surface area contributed by atoms with Gasteiger partial charge in [-0.3, -0.25) is 4.79 Å². The van der Waals surface area contributed by atoms with Crippen LogP contribution in [0.3, 0.4) is 0 Å². The van der Waals surface area contributed by atoms with E-state index in [0.29, 0.717) is 5.56 Å². The molecule has 0 saturated heterocycles. The lowest BCUT2D eigenvalue weighted by Gasteiger charge is -2.03. The summed E-state index contributed by atoms with van der Waals surface area (Å²) in [6, 6.07) is 12.2. The van der Waals surface area contributed by atoms with E-state index in [9.17, 15) is 9.90 Å². The van der Waals surface area contributed by atoms with Crippen LogP contribution < -0.4 is 0 Å². The third-order valence-electron chi connectivity index (χ3n) is 2.80. The van der Waals surface area contributed by atoms with Gasteiger partial charge in [-0.05, 0) is 30.3 Å². The SMILES string of the molecule is O=Cc1ccc2c(cnn2-c2cccc(O)c2)c1. The number of benzene rings is 2. The van der Waals surface area contributed by atoms with Crippen molar-refractivity contribution in [3.8, 4) is 11.4 Å². The van der Waals surface area contributed by atoms with Gasteiger partial charge >= 0.3 is 0 Å². The molecule has 0 saturated carbocycles. The molecule has 0 spiro atoms. The number of hydrogen-bond acceptors (Lipinski definition) is 3. The topological polar surface area (TPSA) is 55.1 Å². The first-order valence-electron chi connectivity index (χ1n) is 5.50. The van der Waals surface area contributed by atoms with Crippen molar-refractivity contribution in [1.29, 1.82) is 0 Å². The molecule has 0 bridgehead atoms. The molecule has 1 aromatic heterocycles. The molecule has 1 heterocycles. The number of rotatable bonds is 2. The first kappa shape index (κ1) is 10.5. The highest BCUT2D eigenvalue weighted by Gasteiger charge is 2.05. The first-order chi connectivity index (χ1) is 8.78. The van der Waals surface area contributed by atoms with E-state index >= 15 is 0 Å². The van der Waals surface area contributed by atoms with Crippen LogP contribution in [0, 0.1) is 0 Å². The summed E-state index contributed by atoms with van der Waals surface area (Å²) in [6.45, 7) is 0. The predicted octanol–water partition coefficient (Wildman–Crippen LogP) is 2.54. The van der Waals surface area contributed by atoms with Crippen molar-refractivity contribution in [3.05, 3.63) is 54.2 Å². The van der Waals surface area contributed by atoms with E-state index in [-0.39, 0.29) is 5.75 Å². The largest absolute Gasteiger partial charge is 0.508 e. The molecule has 0 aliphatic carbocycles. The summed E-state index contributed by atoms with van der Waals surface area (Å²) in [4.78, 5) is 10.7. The van der Waals surface area contributed by atoms with Crippen molar-refractivity contribution in [3.63, 3.8) is 0 Å². The molecule has 4 nitrogen and oxygen atoms in total. The molecule has 0 fully saturated rings. The van der Waals surface area contributed by atoms with Gasteiger partial charge in [-0.2, -0.15) is 5.10 Å². The quantitative estimate of drug-likeness (QED) is 0.698. The molecule has 0 aliphatic rings. The Balaban J connectivity index is 2.21. The average Bonchev–Trinajstić information content (AvgIpc) is 2.81. The summed E-state index contributed by atoms with van der Waals surface area (Å²) in [7, 11) is 0. The van der Waals surface area contributed by atoms with Gasteiger partial charge in [0, 0.05) is 17.0 Å². The lowest BCUT2D eigenvalue weighted by molar-refractivity contribution is 0.112. The van der Waals surface area contributed by atoms with Crippen LogP contribution in [0.4, 0.5) is 0 Å². The van der Waals surface area contributed by atoms with E-state index in [1.54, 1.807) is 41.2 Å². The summed E-state index contributed by atoms with van der Waals surface area (Å²) < 4.78 is 1.73. The zero-order chi connectivity index (χ0) is 12.5. The van der Waals surface area contributed by atoms with Gasteiger partial charge in [0.05, 0.1) is 17.4 Å². The third kappa shape index (κ3) is 1.64. The molecule has 0 aliphatic heterocycles. The van der Waals surface area contributed by atoms with E-state index in [2.05, 4.69) is 5.10 Å². The Kier molecular flexibility index (Phi) is 2.34. The number of hydrogen-bond donors (Lipinski definition) is 1. The number of fused-ring (bicyclic) bond motifs is 1. The van der Waals surface area contributed by atoms with Crippen molar-refractivity contribution in [1.82, 2.24) is 9.78 Å². The van der Waals surface area contributed by atoms with E-state index in [0.717, 1.165) is 22.9 Å². The minimum atomic E-state index is 0.195. The minimum absolute atomic E-state index is 0.195. The van der Waals surface area contributed by atoms with E-state index in [4.69, 9.17) is 0 Å². The average molecular weight is 238 g/mol. The second-order valence-electron chi connectivity index (χ2n) is 4.01.